The average molecular weight is 283 g/mol. The first kappa shape index (κ1) is 15.6. The van der Waals surface area contributed by atoms with Gasteiger partial charge in [-0.25, -0.2) is 9.78 Å². The van der Waals surface area contributed by atoms with Crippen molar-refractivity contribution >= 4 is 29.2 Å². The number of hydrogen-bond donors (Lipinski definition) is 1. The van der Waals surface area contributed by atoms with Crippen LogP contribution in [0.25, 0.3) is 0 Å². The fourth-order valence-corrected chi connectivity index (χ4v) is 2.22. The van der Waals surface area contributed by atoms with E-state index in [0.717, 1.165) is 18.0 Å². The van der Waals surface area contributed by atoms with E-state index in [4.69, 9.17) is 10.5 Å². The molecule has 6 heteroatoms. The fourth-order valence-electron chi connectivity index (χ4n) is 1.64. The van der Waals surface area contributed by atoms with Crippen molar-refractivity contribution < 1.29 is 9.53 Å². The van der Waals surface area contributed by atoms with Crippen LogP contribution in [0.3, 0.4) is 0 Å². The van der Waals surface area contributed by atoms with Crippen molar-refractivity contribution in [3.05, 3.63) is 17.8 Å². The van der Waals surface area contributed by atoms with Crippen molar-refractivity contribution in [3.63, 3.8) is 0 Å². The quantitative estimate of drug-likeness (QED) is 0.806. The maximum absolute atomic E-state index is 11.6. The Bertz CT molecular complexity index is 440. The maximum atomic E-state index is 11.6. The summed E-state index contributed by atoms with van der Waals surface area (Å²) in [4.78, 5) is 17.9. The molecule has 1 rings (SSSR count). The number of carbonyl (C=O) groups excluding carboxylic acids is 1. The minimum atomic E-state index is -0.439. The molecule has 1 unspecified atom stereocenters. The summed E-state index contributed by atoms with van der Waals surface area (Å²) >= 11 is 1.82. The molecule has 0 aliphatic carbocycles. The minimum Gasteiger partial charge on any atom is -0.465 e. The molecule has 0 saturated carbocycles. The van der Waals surface area contributed by atoms with Gasteiger partial charge in [-0.3, -0.25) is 0 Å². The Balaban J connectivity index is 2.92. The summed E-state index contributed by atoms with van der Waals surface area (Å²) in [5.74, 6) is 1.37. The molecular formula is C13H21N3O2S. The van der Waals surface area contributed by atoms with Crippen LogP contribution in [0.4, 0.5) is 11.5 Å². The van der Waals surface area contributed by atoms with Crippen molar-refractivity contribution in [2.75, 3.05) is 36.8 Å². The van der Waals surface area contributed by atoms with Gasteiger partial charge in [0.15, 0.2) is 0 Å². The number of aromatic nitrogens is 1. The van der Waals surface area contributed by atoms with E-state index in [2.05, 4.69) is 18.2 Å². The second kappa shape index (κ2) is 7.23. The van der Waals surface area contributed by atoms with Crippen LogP contribution in [0.15, 0.2) is 12.3 Å². The van der Waals surface area contributed by atoms with E-state index in [-0.39, 0.29) is 0 Å². The number of anilines is 2. The number of thioether (sulfide) groups is 1. The van der Waals surface area contributed by atoms with Crippen molar-refractivity contribution in [1.82, 2.24) is 4.98 Å². The SMILES string of the molecule is COC(=O)c1cc(N(C)C(C)CCSC)ncc1N. The highest BCUT2D eigenvalue weighted by atomic mass is 32.2. The maximum Gasteiger partial charge on any atom is 0.340 e. The van der Waals surface area contributed by atoms with Gasteiger partial charge in [-0.1, -0.05) is 0 Å². The second-order valence-corrected chi connectivity index (χ2v) is 5.35. The molecule has 1 aromatic heterocycles. The molecule has 0 aliphatic rings. The lowest BCUT2D eigenvalue weighted by Gasteiger charge is -2.26. The molecule has 5 nitrogen and oxygen atoms in total. The Morgan fingerprint density at radius 3 is 2.89 bits per heavy atom. The smallest absolute Gasteiger partial charge is 0.340 e. The minimum absolute atomic E-state index is 0.334. The Morgan fingerprint density at radius 1 is 1.63 bits per heavy atom. The van der Waals surface area contributed by atoms with Crippen LogP contribution >= 0.6 is 11.8 Å². The summed E-state index contributed by atoms with van der Waals surface area (Å²) < 4.78 is 4.71. The van der Waals surface area contributed by atoms with E-state index in [1.165, 1.54) is 13.3 Å². The number of carbonyl (C=O) groups is 1. The number of nitrogen functional groups attached to an aromatic ring is 1. The van der Waals surface area contributed by atoms with Crippen LogP contribution in [0, 0.1) is 0 Å². The molecule has 1 atom stereocenters. The van der Waals surface area contributed by atoms with Gasteiger partial charge < -0.3 is 15.4 Å². The standard InChI is InChI=1S/C13H21N3O2S/c1-9(5-6-19-4)16(2)12-7-10(13(17)18-3)11(14)8-15-12/h7-9H,5-6,14H2,1-4H3. The van der Waals surface area contributed by atoms with E-state index in [1.807, 2.05) is 23.7 Å². The van der Waals surface area contributed by atoms with Crippen LogP contribution in [0.2, 0.25) is 0 Å². The lowest BCUT2D eigenvalue weighted by atomic mass is 10.2. The third kappa shape index (κ3) is 4.02. The van der Waals surface area contributed by atoms with Gasteiger partial charge in [-0.05, 0) is 31.4 Å². The van der Waals surface area contributed by atoms with Gasteiger partial charge in [0.2, 0.25) is 0 Å². The molecule has 1 heterocycles. The largest absolute Gasteiger partial charge is 0.465 e. The molecule has 0 saturated heterocycles. The molecule has 2 N–H and O–H groups in total. The van der Waals surface area contributed by atoms with Crippen LogP contribution < -0.4 is 10.6 Å². The number of hydrogen-bond acceptors (Lipinski definition) is 6. The van der Waals surface area contributed by atoms with E-state index < -0.39 is 5.97 Å². The van der Waals surface area contributed by atoms with Crippen molar-refractivity contribution in [3.8, 4) is 0 Å². The zero-order valence-corrected chi connectivity index (χ0v) is 12.7. The molecule has 0 spiro atoms. The lowest BCUT2D eigenvalue weighted by Crippen LogP contribution is -2.30. The first-order valence-corrected chi connectivity index (χ1v) is 7.46. The van der Waals surface area contributed by atoms with Crippen LogP contribution in [-0.2, 0) is 4.74 Å². The molecular weight excluding hydrogens is 262 g/mol. The van der Waals surface area contributed by atoms with Gasteiger partial charge in [0.25, 0.3) is 0 Å². The van der Waals surface area contributed by atoms with Gasteiger partial charge in [0.1, 0.15) is 5.82 Å². The first-order valence-electron chi connectivity index (χ1n) is 6.06. The van der Waals surface area contributed by atoms with E-state index in [9.17, 15) is 4.79 Å². The number of nitrogens with two attached hydrogens (primary N) is 1. The number of nitrogens with zero attached hydrogens (tertiary/aromatic N) is 2. The number of rotatable bonds is 6. The Kier molecular flexibility index (Phi) is 5.95. The molecule has 1 aromatic rings. The predicted octanol–water partition coefficient (Wildman–Crippen LogP) is 2.03. The van der Waals surface area contributed by atoms with E-state index in [1.54, 1.807) is 6.07 Å². The predicted molar refractivity (Wildman–Crippen MR) is 80.9 cm³/mol. The highest BCUT2D eigenvalue weighted by Gasteiger charge is 2.16. The van der Waals surface area contributed by atoms with Crippen LogP contribution in [0.5, 0.6) is 0 Å². The van der Waals surface area contributed by atoms with Gasteiger partial charge in [-0.2, -0.15) is 11.8 Å². The summed E-state index contributed by atoms with van der Waals surface area (Å²) in [6, 6.07) is 2.02. The number of methoxy groups -OCH3 is 1. The number of ether oxygens (including phenoxy) is 1. The molecule has 106 valence electrons. The topological polar surface area (TPSA) is 68.5 Å². The third-order valence-electron chi connectivity index (χ3n) is 3.09. The second-order valence-electron chi connectivity index (χ2n) is 4.36. The van der Waals surface area contributed by atoms with Crippen molar-refractivity contribution in [2.24, 2.45) is 0 Å². The van der Waals surface area contributed by atoms with Crippen LogP contribution in [0.1, 0.15) is 23.7 Å². The average Bonchev–Trinajstić information content (AvgIpc) is 2.43. The summed E-state index contributed by atoms with van der Waals surface area (Å²) in [6.07, 6.45) is 4.64. The number of pyridine rings is 1. The number of esters is 1. The van der Waals surface area contributed by atoms with Gasteiger partial charge in [0, 0.05) is 13.1 Å². The highest BCUT2D eigenvalue weighted by Crippen LogP contribution is 2.20. The van der Waals surface area contributed by atoms with Gasteiger partial charge in [-0.15, -0.1) is 0 Å². The third-order valence-corrected chi connectivity index (χ3v) is 3.73. The monoisotopic (exact) mass is 283 g/mol. The highest BCUT2D eigenvalue weighted by molar-refractivity contribution is 7.98. The lowest BCUT2D eigenvalue weighted by molar-refractivity contribution is 0.0602. The normalized spacial score (nSPS) is 12.0. The zero-order valence-electron chi connectivity index (χ0n) is 11.8. The van der Waals surface area contributed by atoms with Gasteiger partial charge >= 0.3 is 5.97 Å². The van der Waals surface area contributed by atoms with Gasteiger partial charge in [0.05, 0.1) is 24.6 Å². The molecule has 19 heavy (non-hydrogen) atoms. The molecule has 0 aromatic carbocycles. The van der Waals surface area contributed by atoms with E-state index >= 15 is 0 Å². The molecule has 0 aliphatic heterocycles. The summed E-state index contributed by atoms with van der Waals surface area (Å²) in [5, 5.41) is 0. The summed E-state index contributed by atoms with van der Waals surface area (Å²) in [6.45, 7) is 2.13. The van der Waals surface area contributed by atoms with Crippen molar-refractivity contribution in [2.45, 2.75) is 19.4 Å². The molecule has 0 radical (unpaired) electrons. The van der Waals surface area contributed by atoms with E-state index in [0.29, 0.717) is 17.3 Å². The summed E-state index contributed by atoms with van der Waals surface area (Å²) in [5.41, 5.74) is 6.43. The van der Waals surface area contributed by atoms with Crippen molar-refractivity contribution in [1.29, 1.82) is 0 Å². The first-order chi connectivity index (χ1) is 9.01. The molecule has 0 bridgehead atoms. The molecule has 0 amide bonds. The Morgan fingerprint density at radius 2 is 2.32 bits per heavy atom. The zero-order chi connectivity index (χ0) is 14.4. The Labute approximate surface area is 118 Å². The fraction of sp³-hybridized carbons (Fsp3) is 0.538. The Hall–Kier alpha value is -1.43. The van der Waals surface area contributed by atoms with Crippen LogP contribution in [-0.4, -0.2) is 43.2 Å². The molecule has 0 fully saturated rings. The summed E-state index contributed by atoms with van der Waals surface area (Å²) in [7, 11) is 3.30.